The third-order valence-corrected chi connectivity index (χ3v) is 3.80. The van der Waals surface area contributed by atoms with Gasteiger partial charge in [0.2, 0.25) is 23.6 Å². The lowest BCUT2D eigenvalue weighted by Crippen LogP contribution is -2.54. The van der Waals surface area contributed by atoms with Crippen LogP contribution in [0.25, 0.3) is 0 Å². The zero-order valence-corrected chi connectivity index (χ0v) is 16.8. The molecular formula is C17H29N5O8. The Balaban J connectivity index is 4.85. The van der Waals surface area contributed by atoms with Crippen molar-refractivity contribution >= 4 is 35.6 Å². The lowest BCUT2D eigenvalue weighted by molar-refractivity contribution is -0.143. The monoisotopic (exact) mass is 431 g/mol. The van der Waals surface area contributed by atoms with E-state index in [4.69, 9.17) is 21.7 Å². The molecule has 3 unspecified atom stereocenters. The van der Waals surface area contributed by atoms with E-state index >= 15 is 0 Å². The van der Waals surface area contributed by atoms with E-state index in [9.17, 15) is 28.8 Å². The van der Waals surface area contributed by atoms with E-state index < -0.39 is 73.1 Å². The number of aliphatic carboxylic acids is 2. The van der Waals surface area contributed by atoms with Crippen molar-refractivity contribution in [2.45, 2.75) is 57.7 Å². The van der Waals surface area contributed by atoms with Crippen LogP contribution in [0.5, 0.6) is 0 Å². The summed E-state index contributed by atoms with van der Waals surface area (Å²) < 4.78 is 0. The molecule has 0 aliphatic heterocycles. The second-order valence-electron chi connectivity index (χ2n) is 7.08. The summed E-state index contributed by atoms with van der Waals surface area (Å²) in [7, 11) is 0. The number of nitrogens with one attached hydrogen (secondary N) is 3. The molecule has 0 fully saturated rings. The predicted octanol–water partition coefficient (Wildman–Crippen LogP) is -2.73. The first-order valence-corrected chi connectivity index (χ1v) is 9.19. The topological polar surface area (TPSA) is 231 Å². The SMILES string of the molecule is CC(C)CC(N)C(=O)NC(CC(N)=O)C(=O)NCC(=O)NC(CCC(=O)O)C(=O)O. The summed E-state index contributed by atoms with van der Waals surface area (Å²) in [5, 5.41) is 24.1. The van der Waals surface area contributed by atoms with Crippen LogP contribution in [0.2, 0.25) is 0 Å². The van der Waals surface area contributed by atoms with Gasteiger partial charge in [-0.2, -0.15) is 0 Å². The molecule has 4 amide bonds. The number of carbonyl (C=O) groups excluding carboxylic acids is 4. The molecular weight excluding hydrogens is 402 g/mol. The van der Waals surface area contributed by atoms with Gasteiger partial charge >= 0.3 is 11.9 Å². The molecule has 0 saturated carbocycles. The average molecular weight is 431 g/mol. The predicted molar refractivity (Wildman–Crippen MR) is 103 cm³/mol. The smallest absolute Gasteiger partial charge is 0.326 e. The Kier molecular flexibility index (Phi) is 11.7. The largest absolute Gasteiger partial charge is 0.481 e. The van der Waals surface area contributed by atoms with Gasteiger partial charge in [-0.15, -0.1) is 0 Å². The molecule has 170 valence electrons. The van der Waals surface area contributed by atoms with Crippen LogP contribution in [0.15, 0.2) is 0 Å². The molecule has 0 saturated heterocycles. The summed E-state index contributed by atoms with van der Waals surface area (Å²) in [6.45, 7) is 3.03. The molecule has 13 heteroatoms. The number of carboxylic acid groups (broad SMARTS) is 2. The average Bonchev–Trinajstić information content (AvgIpc) is 2.60. The highest BCUT2D eigenvalue weighted by atomic mass is 16.4. The fraction of sp³-hybridized carbons (Fsp3) is 0.647. The lowest BCUT2D eigenvalue weighted by Gasteiger charge is -2.20. The van der Waals surface area contributed by atoms with Gasteiger partial charge in [0.1, 0.15) is 12.1 Å². The van der Waals surface area contributed by atoms with Gasteiger partial charge < -0.3 is 37.6 Å². The highest BCUT2D eigenvalue weighted by Gasteiger charge is 2.27. The summed E-state index contributed by atoms with van der Waals surface area (Å²) in [4.78, 5) is 69.0. The quantitative estimate of drug-likeness (QED) is 0.151. The van der Waals surface area contributed by atoms with E-state index in [-0.39, 0.29) is 12.3 Å². The van der Waals surface area contributed by atoms with E-state index in [0.717, 1.165) is 0 Å². The second kappa shape index (κ2) is 13.1. The maximum Gasteiger partial charge on any atom is 0.326 e. The molecule has 0 bridgehead atoms. The van der Waals surface area contributed by atoms with Crippen LogP contribution in [0, 0.1) is 5.92 Å². The van der Waals surface area contributed by atoms with Crippen LogP contribution in [0.4, 0.5) is 0 Å². The summed E-state index contributed by atoms with van der Waals surface area (Å²) in [6, 6.07) is -3.74. The second-order valence-corrected chi connectivity index (χ2v) is 7.08. The van der Waals surface area contributed by atoms with Crippen molar-refractivity contribution in [3.05, 3.63) is 0 Å². The number of carbonyl (C=O) groups is 6. The molecule has 0 aliphatic carbocycles. The standard InChI is InChI=1S/C17H29N5O8/c1-8(2)5-9(18)15(27)22-11(6-12(19)23)16(28)20-7-13(24)21-10(17(29)30)3-4-14(25)26/h8-11H,3-7,18H2,1-2H3,(H2,19,23)(H,20,28)(H,21,24)(H,22,27)(H,25,26)(H,29,30). The third-order valence-electron chi connectivity index (χ3n) is 3.80. The minimum absolute atomic E-state index is 0.112. The number of hydrogen-bond donors (Lipinski definition) is 7. The molecule has 0 aromatic rings. The molecule has 0 aromatic heterocycles. The summed E-state index contributed by atoms with van der Waals surface area (Å²) in [5.74, 6) is -5.90. The minimum atomic E-state index is -1.46. The van der Waals surface area contributed by atoms with E-state index in [1.165, 1.54) is 0 Å². The van der Waals surface area contributed by atoms with Gasteiger partial charge in [0.05, 0.1) is 19.0 Å². The molecule has 13 nitrogen and oxygen atoms in total. The van der Waals surface area contributed by atoms with Crippen molar-refractivity contribution in [1.29, 1.82) is 0 Å². The number of amides is 4. The first-order valence-electron chi connectivity index (χ1n) is 9.19. The van der Waals surface area contributed by atoms with Gasteiger partial charge in [0.25, 0.3) is 0 Å². The number of carboxylic acids is 2. The molecule has 3 atom stereocenters. The number of primary amides is 1. The van der Waals surface area contributed by atoms with Gasteiger partial charge in [-0.25, -0.2) is 4.79 Å². The summed E-state index contributed by atoms with van der Waals surface area (Å²) >= 11 is 0. The number of hydrogen-bond acceptors (Lipinski definition) is 7. The zero-order valence-electron chi connectivity index (χ0n) is 16.8. The molecule has 0 rings (SSSR count). The molecule has 9 N–H and O–H groups in total. The van der Waals surface area contributed by atoms with Gasteiger partial charge in [0.15, 0.2) is 0 Å². The van der Waals surface area contributed by atoms with E-state index in [0.29, 0.717) is 6.42 Å². The minimum Gasteiger partial charge on any atom is -0.481 e. The first kappa shape index (κ1) is 26.8. The van der Waals surface area contributed by atoms with Gasteiger partial charge in [-0.1, -0.05) is 13.8 Å². The fourth-order valence-corrected chi connectivity index (χ4v) is 2.37. The van der Waals surface area contributed by atoms with Crippen LogP contribution in [-0.2, 0) is 28.8 Å². The van der Waals surface area contributed by atoms with Crippen LogP contribution in [0.3, 0.4) is 0 Å². The maximum absolute atomic E-state index is 12.2. The van der Waals surface area contributed by atoms with Crippen molar-refractivity contribution in [2.24, 2.45) is 17.4 Å². The molecule has 0 heterocycles. The molecule has 0 aromatic carbocycles. The van der Waals surface area contributed by atoms with Gasteiger partial charge in [-0.3, -0.25) is 24.0 Å². The Bertz CT molecular complexity index is 667. The van der Waals surface area contributed by atoms with E-state index in [2.05, 4.69) is 16.0 Å². The van der Waals surface area contributed by atoms with Gasteiger partial charge in [-0.05, 0) is 18.8 Å². The Labute approximate surface area is 172 Å². The van der Waals surface area contributed by atoms with Crippen LogP contribution < -0.4 is 27.4 Å². The molecule has 0 aliphatic rings. The Morgan fingerprint density at radius 3 is 2.00 bits per heavy atom. The Hall–Kier alpha value is -3.22. The molecule has 0 radical (unpaired) electrons. The highest BCUT2D eigenvalue weighted by Crippen LogP contribution is 2.04. The highest BCUT2D eigenvalue weighted by molar-refractivity contribution is 5.95. The van der Waals surface area contributed by atoms with Crippen molar-refractivity contribution in [3.63, 3.8) is 0 Å². The third kappa shape index (κ3) is 11.6. The summed E-state index contributed by atoms with van der Waals surface area (Å²) in [6.07, 6.45) is -1.03. The number of rotatable bonds is 14. The van der Waals surface area contributed by atoms with Crippen LogP contribution in [0.1, 0.15) is 39.5 Å². The zero-order chi connectivity index (χ0) is 23.4. The van der Waals surface area contributed by atoms with Crippen molar-refractivity contribution in [2.75, 3.05) is 6.54 Å². The lowest BCUT2D eigenvalue weighted by atomic mass is 10.0. The normalized spacial score (nSPS) is 13.6. The van der Waals surface area contributed by atoms with Crippen molar-refractivity contribution < 1.29 is 39.0 Å². The first-order chi connectivity index (χ1) is 13.8. The Morgan fingerprint density at radius 2 is 1.53 bits per heavy atom. The fourth-order valence-electron chi connectivity index (χ4n) is 2.37. The molecule has 30 heavy (non-hydrogen) atoms. The van der Waals surface area contributed by atoms with E-state index in [1.807, 2.05) is 13.8 Å². The van der Waals surface area contributed by atoms with Crippen molar-refractivity contribution in [3.8, 4) is 0 Å². The molecule has 0 spiro atoms. The van der Waals surface area contributed by atoms with Crippen molar-refractivity contribution in [1.82, 2.24) is 16.0 Å². The maximum atomic E-state index is 12.2. The van der Waals surface area contributed by atoms with Crippen LogP contribution in [-0.4, -0.2) is 70.5 Å². The van der Waals surface area contributed by atoms with Gasteiger partial charge in [0, 0.05) is 6.42 Å². The number of nitrogens with two attached hydrogens (primary N) is 2. The Morgan fingerprint density at radius 1 is 0.933 bits per heavy atom. The van der Waals surface area contributed by atoms with E-state index in [1.54, 1.807) is 0 Å². The summed E-state index contributed by atoms with van der Waals surface area (Å²) in [5.41, 5.74) is 10.8. The van der Waals surface area contributed by atoms with Crippen LogP contribution >= 0.6 is 0 Å².